The summed E-state index contributed by atoms with van der Waals surface area (Å²) in [7, 11) is 0. The number of fused-ring (bicyclic) bond motifs is 1. The monoisotopic (exact) mass is 380 g/mol. The van der Waals surface area contributed by atoms with Crippen molar-refractivity contribution in [2.24, 2.45) is 0 Å². The summed E-state index contributed by atoms with van der Waals surface area (Å²) >= 11 is 1.69. The van der Waals surface area contributed by atoms with E-state index in [4.69, 9.17) is 9.26 Å². The number of nitrogens with one attached hydrogen (secondary N) is 1. The molecule has 4 aromatic rings. The number of thiophene rings is 1. The summed E-state index contributed by atoms with van der Waals surface area (Å²) in [5, 5.41) is 7.07. The number of nitrogens with zero attached hydrogens (tertiary/aromatic N) is 1. The summed E-state index contributed by atoms with van der Waals surface area (Å²) in [6, 6.07) is 12.3. The Kier molecular flexibility index (Phi) is 4.81. The van der Waals surface area contributed by atoms with Gasteiger partial charge in [0.25, 0.3) is 0 Å². The maximum absolute atomic E-state index is 12.2. The predicted molar refractivity (Wildman–Crippen MR) is 106 cm³/mol. The van der Waals surface area contributed by atoms with Crippen LogP contribution in [0.3, 0.4) is 0 Å². The number of hydrogen-bond donors (Lipinski definition) is 1. The zero-order valence-electron chi connectivity index (χ0n) is 15.2. The second-order valence-corrected chi connectivity index (χ2v) is 7.54. The minimum Gasteiger partial charge on any atom is -0.459 e. The maximum atomic E-state index is 12.2. The van der Waals surface area contributed by atoms with Crippen molar-refractivity contribution < 1.29 is 14.1 Å². The molecule has 1 N–H and O–H groups in total. The van der Waals surface area contributed by atoms with Crippen LogP contribution in [0, 0.1) is 13.8 Å². The molecular weight excluding hydrogens is 360 g/mol. The lowest BCUT2D eigenvalue weighted by atomic mass is 10.0. The van der Waals surface area contributed by atoms with E-state index in [2.05, 4.69) is 46.7 Å². The Balaban J connectivity index is 1.52. The molecule has 0 atom stereocenters. The highest BCUT2D eigenvalue weighted by molar-refractivity contribution is 7.13. The summed E-state index contributed by atoms with van der Waals surface area (Å²) in [6.45, 7) is 4.03. The molecule has 0 spiro atoms. The van der Waals surface area contributed by atoms with Gasteiger partial charge < -0.3 is 14.2 Å². The molecule has 4 rings (SSSR count). The van der Waals surface area contributed by atoms with E-state index in [0.717, 1.165) is 16.8 Å². The fourth-order valence-electron chi connectivity index (χ4n) is 3.19. The highest BCUT2D eigenvalue weighted by atomic mass is 32.1. The molecule has 0 bridgehead atoms. The van der Waals surface area contributed by atoms with E-state index < -0.39 is 0 Å². The van der Waals surface area contributed by atoms with Crippen molar-refractivity contribution in [3.63, 3.8) is 0 Å². The van der Waals surface area contributed by atoms with E-state index in [1.54, 1.807) is 17.4 Å². The minimum atomic E-state index is -0.241. The van der Waals surface area contributed by atoms with Crippen molar-refractivity contribution in [1.29, 1.82) is 0 Å². The Morgan fingerprint density at radius 2 is 2.15 bits per heavy atom. The van der Waals surface area contributed by atoms with Crippen molar-refractivity contribution in [3.05, 3.63) is 64.4 Å². The standard InChI is InChI=1S/C21H20N2O3S/c1-13-5-7-18-17(10-13)16(21(22-18)19-4-3-9-27-19)6-8-20(24)25-12-15-11-14(2)26-23-15/h3-5,7,9-11,22H,6,8,12H2,1-2H3. The van der Waals surface area contributed by atoms with E-state index in [1.807, 2.05) is 13.0 Å². The quantitative estimate of drug-likeness (QED) is 0.468. The number of ether oxygens (including phenoxy) is 1. The van der Waals surface area contributed by atoms with Crippen molar-refractivity contribution >= 4 is 28.2 Å². The van der Waals surface area contributed by atoms with Gasteiger partial charge in [-0.05, 0) is 49.4 Å². The average molecular weight is 380 g/mol. The number of carbonyl (C=O) groups is 1. The smallest absolute Gasteiger partial charge is 0.306 e. The van der Waals surface area contributed by atoms with Crippen molar-refractivity contribution in [1.82, 2.24) is 10.1 Å². The molecule has 0 aliphatic heterocycles. The molecule has 0 amide bonds. The van der Waals surface area contributed by atoms with Gasteiger partial charge in [0.15, 0.2) is 0 Å². The molecule has 0 radical (unpaired) electrons. The van der Waals surface area contributed by atoms with Gasteiger partial charge in [0, 0.05) is 23.4 Å². The third-order valence-electron chi connectivity index (χ3n) is 4.47. The molecule has 0 saturated carbocycles. The largest absolute Gasteiger partial charge is 0.459 e. The summed E-state index contributed by atoms with van der Waals surface area (Å²) in [5.74, 6) is 0.464. The number of benzene rings is 1. The van der Waals surface area contributed by atoms with Gasteiger partial charge in [0.05, 0.1) is 10.6 Å². The van der Waals surface area contributed by atoms with Crippen molar-refractivity contribution in [2.45, 2.75) is 33.3 Å². The number of esters is 1. The van der Waals surface area contributed by atoms with Crippen LogP contribution in [0.15, 0.2) is 46.3 Å². The molecular formula is C21H20N2O3S. The molecule has 138 valence electrons. The second kappa shape index (κ2) is 7.40. The van der Waals surface area contributed by atoms with Gasteiger partial charge in [0.1, 0.15) is 18.1 Å². The average Bonchev–Trinajstić information content (AvgIpc) is 3.37. The third-order valence-corrected chi connectivity index (χ3v) is 5.35. The van der Waals surface area contributed by atoms with E-state index in [0.29, 0.717) is 24.3 Å². The van der Waals surface area contributed by atoms with Crippen LogP contribution in [0.2, 0.25) is 0 Å². The van der Waals surface area contributed by atoms with Crippen LogP contribution < -0.4 is 0 Å². The zero-order valence-corrected chi connectivity index (χ0v) is 16.1. The van der Waals surface area contributed by atoms with Gasteiger partial charge in [-0.15, -0.1) is 11.3 Å². The van der Waals surface area contributed by atoms with Gasteiger partial charge >= 0.3 is 5.97 Å². The predicted octanol–water partition coefficient (Wildman–Crippen LogP) is 5.18. The molecule has 0 unspecified atom stereocenters. The Morgan fingerprint density at radius 3 is 2.89 bits per heavy atom. The first-order valence-electron chi connectivity index (χ1n) is 8.83. The van der Waals surface area contributed by atoms with Gasteiger partial charge in [-0.3, -0.25) is 4.79 Å². The SMILES string of the molecule is Cc1ccc2[nH]c(-c3cccs3)c(CCC(=O)OCc3cc(C)on3)c2c1. The fraction of sp³-hybridized carbons (Fsp3) is 0.238. The molecule has 0 aliphatic rings. The van der Waals surface area contributed by atoms with Crippen LogP contribution in [0.1, 0.15) is 29.0 Å². The summed E-state index contributed by atoms with van der Waals surface area (Å²) in [6.07, 6.45) is 0.934. The van der Waals surface area contributed by atoms with Crippen LogP contribution in [-0.4, -0.2) is 16.1 Å². The number of H-pyrrole nitrogens is 1. The van der Waals surface area contributed by atoms with Crippen molar-refractivity contribution in [2.75, 3.05) is 0 Å². The molecule has 3 aromatic heterocycles. The van der Waals surface area contributed by atoms with Crippen LogP contribution in [-0.2, 0) is 22.6 Å². The first-order chi connectivity index (χ1) is 13.1. The first kappa shape index (κ1) is 17.5. The van der Waals surface area contributed by atoms with Crippen LogP contribution in [0.4, 0.5) is 0 Å². The molecule has 0 fully saturated rings. The van der Waals surface area contributed by atoms with Gasteiger partial charge in [-0.1, -0.05) is 22.9 Å². The Morgan fingerprint density at radius 1 is 1.26 bits per heavy atom. The highest BCUT2D eigenvalue weighted by Crippen LogP contribution is 2.34. The third kappa shape index (κ3) is 3.80. The normalized spacial score (nSPS) is 11.2. The lowest BCUT2D eigenvalue weighted by Crippen LogP contribution is -2.06. The zero-order chi connectivity index (χ0) is 18.8. The second-order valence-electron chi connectivity index (χ2n) is 6.59. The number of carbonyl (C=O) groups excluding carboxylic acids is 1. The molecule has 3 heterocycles. The lowest BCUT2D eigenvalue weighted by Gasteiger charge is -2.05. The van der Waals surface area contributed by atoms with Gasteiger partial charge in [-0.2, -0.15) is 0 Å². The number of rotatable bonds is 6. The maximum Gasteiger partial charge on any atom is 0.306 e. The fourth-order valence-corrected chi connectivity index (χ4v) is 3.94. The Hall–Kier alpha value is -2.86. The molecule has 0 aliphatic carbocycles. The molecule has 27 heavy (non-hydrogen) atoms. The molecule has 5 nitrogen and oxygen atoms in total. The first-order valence-corrected chi connectivity index (χ1v) is 9.71. The molecule has 6 heteroatoms. The number of aromatic amines is 1. The summed E-state index contributed by atoms with van der Waals surface area (Å²) in [4.78, 5) is 16.9. The highest BCUT2D eigenvalue weighted by Gasteiger charge is 2.16. The Bertz CT molecular complexity index is 1080. The lowest BCUT2D eigenvalue weighted by molar-refractivity contribution is -0.145. The van der Waals surface area contributed by atoms with Crippen molar-refractivity contribution in [3.8, 4) is 10.6 Å². The number of hydrogen-bond acceptors (Lipinski definition) is 5. The topological polar surface area (TPSA) is 68.1 Å². The molecule has 0 saturated heterocycles. The van der Waals surface area contributed by atoms with E-state index in [-0.39, 0.29) is 12.6 Å². The molecule has 1 aromatic carbocycles. The summed E-state index contributed by atoms with van der Waals surface area (Å²) < 4.78 is 10.3. The number of aromatic nitrogens is 2. The van der Waals surface area contributed by atoms with Crippen LogP contribution in [0.25, 0.3) is 21.5 Å². The van der Waals surface area contributed by atoms with Gasteiger partial charge in [0.2, 0.25) is 0 Å². The summed E-state index contributed by atoms with van der Waals surface area (Å²) in [5.41, 5.74) is 5.16. The van der Waals surface area contributed by atoms with Gasteiger partial charge in [-0.25, -0.2) is 0 Å². The van der Waals surface area contributed by atoms with Crippen LogP contribution >= 0.6 is 11.3 Å². The van der Waals surface area contributed by atoms with Crippen LogP contribution in [0.5, 0.6) is 0 Å². The van der Waals surface area contributed by atoms with E-state index >= 15 is 0 Å². The minimum absolute atomic E-state index is 0.140. The van der Waals surface area contributed by atoms with E-state index in [1.165, 1.54) is 15.8 Å². The Labute approximate surface area is 161 Å². The van der Waals surface area contributed by atoms with E-state index in [9.17, 15) is 4.79 Å². The number of aryl methyl sites for hydroxylation is 3.